The number of ether oxygens (including phenoxy) is 3. The molecule has 0 fully saturated rings. The van der Waals surface area contributed by atoms with E-state index in [4.69, 9.17) is 83.0 Å². The summed E-state index contributed by atoms with van der Waals surface area (Å²) in [6.07, 6.45) is 7.99. The van der Waals surface area contributed by atoms with Gasteiger partial charge in [0.15, 0.2) is 0 Å². The Kier molecular flexibility index (Phi) is 29.4. The quantitative estimate of drug-likeness (QED) is 0.0308. The van der Waals surface area contributed by atoms with E-state index in [9.17, 15) is 15.3 Å². The average molecular weight is 1120 g/mol. The molecule has 0 aliphatic carbocycles. The van der Waals surface area contributed by atoms with E-state index in [0.29, 0.717) is 123 Å². The minimum Gasteiger partial charge on any atom is -0.507 e. The van der Waals surface area contributed by atoms with E-state index in [1.165, 1.54) is 11.1 Å². The van der Waals surface area contributed by atoms with Crippen LogP contribution in [0.5, 0.6) is 34.5 Å². The summed E-state index contributed by atoms with van der Waals surface area (Å²) in [5.74, 6) is 3.29. The summed E-state index contributed by atoms with van der Waals surface area (Å²) >= 11 is 0. The van der Waals surface area contributed by atoms with Crippen LogP contribution >= 0.6 is 0 Å². The molecule has 6 rings (SSSR count). The molecule has 0 heterocycles. The van der Waals surface area contributed by atoms with Gasteiger partial charge in [-0.15, -0.1) is 0 Å². The summed E-state index contributed by atoms with van der Waals surface area (Å²) in [5.41, 5.74) is 88.0. The van der Waals surface area contributed by atoms with Crippen LogP contribution in [0.15, 0.2) is 72.8 Å². The molecule has 0 unspecified atom stereocenters. The number of hydrogen-bond acceptors (Lipinski definition) is 18. The first-order valence-electron chi connectivity index (χ1n) is 28.3. The average Bonchev–Trinajstić information content (AvgIpc) is 3.50. The number of phenolic OH excluding ortho intramolecular Hbond substituents is 3. The van der Waals surface area contributed by atoms with E-state index < -0.39 is 0 Å². The highest BCUT2D eigenvalue weighted by Crippen LogP contribution is 2.41. The van der Waals surface area contributed by atoms with Crippen LogP contribution in [0.4, 0.5) is 0 Å². The smallest absolute Gasteiger partial charge is 0.122 e. The van der Waals surface area contributed by atoms with E-state index in [1.807, 2.05) is 48.5 Å². The molecule has 6 aromatic carbocycles. The first-order valence-corrected chi connectivity index (χ1v) is 28.3. The SMILES string of the molecule is COc1cc(CCN)c(-c2c(CCN)cc(OC)cc2CCN)c(CCN)c1.COc1cc(CCN)c(-c2cc(CCN)c(O)c(CCN)c2)c(CCN)c1.NCCc1cc(-c2cc(CCN)c(O)c(CCN)c2)cc(CCN)c1O. The molecule has 0 spiro atoms. The molecule has 0 aliphatic rings. The Hall–Kier alpha value is -6.36. The normalized spacial score (nSPS) is 11.0. The fourth-order valence-corrected chi connectivity index (χ4v) is 10.5. The van der Waals surface area contributed by atoms with Crippen molar-refractivity contribution in [2.24, 2.45) is 68.8 Å². The molecule has 0 saturated heterocycles. The third-order valence-corrected chi connectivity index (χ3v) is 14.2. The molecule has 27 N–H and O–H groups in total. The number of nitrogens with two attached hydrogens (primary N) is 12. The zero-order chi connectivity index (χ0) is 59.4. The van der Waals surface area contributed by atoms with Crippen LogP contribution in [0.3, 0.4) is 0 Å². The van der Waals surface area contributed by atoms with E-state index >= 15 is 0 Å². The van der Waals surface area contributed by atoms with Crippen LogP contribution < -0.4 is 83.0 Å². The molecule has 0 saturated carbocycles. The molecule has 18 nitrogen and oxygen atoms in total. The second-order valence-corrected chi connectivity index (χ2v) is 19.9. The monoisotopic (exact) mass is 1120 g/mol. The lowest BCUT2D eigenvalue weighted by Gasteiger charge is -2.23. The Labute approximate surface area is 480 Å². The summed E-state index contributed by atoms with van der Waals surface area (Å²) in [6.45, 7) is 6.01. The molecule has 0 amide bonds. The number of benzene rings is 6. The Morgan fingerprint density at radius 2 is 0.395 bits per heavy atom. The van der Waals surface area contributed by atoms with Gasteiger partial charge in [-0.1, -0.05) is 0 Å². The Morgan fingerprint density at radius 1 is 0.235 bits per heavy atom. The predicted molar refractivity (Wildman–Crippen MR) is 333 cm³/mol. The fourth-order valence-electron chi connectivity index (χ4n) is 10.5. The van der Waals surface area contributed by atoms with Gasteiger partial charge in [-0.05, 0) is 329 Å². The number of phenols is 3. The van der Waals surface area contributed by atoms with Gasteiger partial charge < -0.3 is 98.3 Å². The van der Waals surface area contributed by atoms with Gasteiger partial charge in [0.05, 0.1) is 21.3 Å². The molecule has 0 atom stereocenters. The van der Waals surface area contributed by atoms with Crippen molar-refractivity contribution in [2.45, 2.75) is 77.0 Å². The number of rotatable bonds is 30. The predicted octanol–water partition coefficient (Wildman–Crippen LogP) is 3.22. The number of hydrogen-bond donors (Lipinski definition) is 15. The first-order chi connectivity index (χ1) is 39.3. The maximum absolute atomic E-state index is 10.6. The van der Waals surface area contributed by atoms with Gasteiger partial charge in [-0.25, -0.2) is 0 Å². The lowest BCUT2D eigenvalue weighted by Crippen LogP contribution is -2.13. The van der Waals surface area contributed by atoms with Crippen LogP contribution in [0.1, 0.15) is 66.8 Å². The topological polar surface area (TPSA) is 401 Å². The molecule has 81 heavy (non-hydrogen) atoms. The van der Waals surface area contributed by atoms with Crippen molar-refractivity contribution >= 4 is 0 Å². The van der Waals surface area contributed by atoms with Gasteiger partial charge in [-0.2, -0.15) is 0 Å². The largest absolute Gasteiger partial charge is 0.507 e. The fraction of sp³-hybridized carbons (Fsp3) is 0.429. The molecule has 444 valence electrons. The molecular weight excluding hydrogens is 1020 g/mol. The van der Waals surface area contributed by atoms with Gasteiger partial charge in [0.25, 0.3) is 0 Å². The standard InChI is InChI=1S/C22H34N4O2.C21H32N4O2.C20H30N4O2/c1-27-19-11-15(3-7-23)21(16(12-19)4-8-24)22-17(5-9-25)13-20(28-2)14-18(22)6-10-26;1-27-19-12-14(2-6-22)20(15(13-19)3-7-23)18-10-16(4-8-24)21(26)17(11-18)5-9-25;21-5-1-13-9-17(10-14(2-6-22)19(13)25)18-11-15(3-7-23)20(26)16(12-18)4-8-24/h11-14H,3-10,23-26H2,1-2H3;10-13,26H,2-9,22-25H2,1H3;9-12,25-26H,1-8,21-24H2. The number of methoxy groups -OCH3 is 3. The zero-order valence-corrected chi connectivity index (χ0v) is 48.4. The summed E-state index contributed by atoms with van der Waals surface area (Å²) in [5, 5.41) is 31.5. The van der Waals surface area contributed by atoms with Gasteiger partial charge in [0, 0.05) is 0 Å². The van der Waals surface area contributed by atoms with Crippen LogP contribution in [0.25, 0.3) is 33.4 Å². The Bertz CT molecular complexity index is 2610. The van der Waals surface area contributed by atoms with Crippen LogP contribution in [0.2, 0.25) is 0 Å². The molecule has 6 aromatic rings. The summed E-state index contributed by atoms with van der Waals surface area (Å²) in [7, 11) is 5.02. The Morgan fingerprint density at radius 3 is 0.568 bits per heavy atom. The van der Waals surface area contributed by atoms with Gasteiger partial charge >= 0.3 is 0 Å². The van der Waals surface area contributed by atoms with Crippen LogP contribution in [-0.4, -0.2) is 115 Å². The van der Waals surface area contributed by atoms with Crippen molar-refractivity contribution < 1.29 is 29.5 Å². The van der Waals surface area contributed by atoms with Crippen molar-refractivity contribution in [2.75, 3.05) is 99.9 Å². The number of aromatic hydroxyl groups is 3. The van der Waals surface area contributed by atoms with Crippen molar-refractivity contribution in [1.82, 2.24) is 0 Å². The summed E-state index contributed by atoms with van der Waals surface area (Å²) in [4.78, 5) is 0. The molecule has 0 aliphatic heterocycles. The molecule has 0 radical (unpaired) electrons. The van der Waals surface area contributed by atoms with Gasteiger partial charge in [0.2, 0.25) is 0 Å². The van der Waals surface area contributed by atoms with Crippen molar-refractivity contribution in [1.29, 1.82) is 0 Å². The minimum atomic E-state index is 0.271. The van der Waals surface area contributed by atoms with E-state index in [-0.39, 0.29) is 11.5 Å². The van der Waals surface area contributed by atoms with E-state index in [2.05, 4.69) is 24.3 Å². The first kappa shape index (κ1) is 67.1. The van der Waals surface area contributed by atoms with Crippen LogP contribution in [-0.2, 0) is 77.0 Å². The summed E-state index contributed by atoms with van der Waals surface area (Å²) < 4.78 is 16.5. The van der Waals surface area contributed by atoms with Crippen molar-refractivity contribution in [3.05, 3.63) is 140 Å². The highest BCUT2D eigenvalue weighted by molar-refractivity contribution is 5.80. The van der Waals surface area contributed by atoms with E-state index in [0.717, 1.165) is 145 Å². The Balaban J connectivity index is 0.000000262. The minimum absolute atomic E-state index is 0.271. The van der Waals surface area contributed by atoms with Gasteiger partial charge in [-0.3, -0.25) is 0 Å². The maximum Gasteiger partial charge on any atom is 0.122 e. The highest BCUT2D eigenvalue weighted by atomic mass is 16.5. The second-order valence-electron chi connectivity index (χ2n) is 19.9. The molecule has 18 heteroatoms. The zero-order valence-electron chi connectivity index (χ0n) is 48.4. The second kappa shape index (κ2) is 35.5. The van der Waals surface area contributed by atoms with E-state index in [1.54, 1.807) is 21.3 Å². The highest BCUT2D eigenvalue weighted by Gasteiger charge is 2.22. The lowest BCUT2D eigenvalue weighted by molar-refractivity contribution is 0.413. The lowest BCUT2D eigenvalue weighted by atomic mass is 9.84. The molecule has 0 aromatic heterocycles. The van der Waals surface area contributed by atoms with Crippen molar-refractivity contribution in [3.63, 3.8) is 0 Å². The maximum atomic E-state index is 10.6. The molecular formula is C63H96N12O6. The third-order valence-electron chi connectivity index (χ3n) is 14.2. The van der Waals surface area contributed by atoms with Crippen LogP contribution in [0, 0.1) is 0 Å². The third kappa shape index (κ3) is 18.3. The summed E-state index contributed by atoms with van der Waals surface area (Å²) in [6, 6.07) is 24.2. The van der Waals surface area contributed by atoms with Gasteiger partial charge in [0.1, 0.15) is 34.5 Å². The van der Waals surface area contributed by atoms with Crippen molar-refractivity contribution in [3.8, 4) is 67.9 Å². The molecule has 0 bridgehead atoms.